The van der Waals surface area contributed by atoms with E-state index < -0.39 is 6.36 Å². The Hall–Kier alpha value is -0.750. The number of benzene rings is 1. The van der Waals surface area contributed by atoms with Crippen LogP contribution in [0.3, 0.4) is 0 Å². The molecule has 0 radical (unpaired) electrons. The van der Waals surface area contributed by atoms with Crippen LogP contribution in [0, 0.1) is 5.92 Å². The summed E-state index contributed by atoms with van der Waals surface area (Å²) in [5.41, 5.74) is 6.90. The lowest BCUT2D eigenvalue weighted by Gasteiger charge is -2.28. The van der Waals surface area contributed by atoms with Gasteiger partial charge in [-0.3, -0.25) is 0 Å². The molecule has 0 saturated heterocycles. The van der Waals surface area contributed by atoms with Gasteiger partial charge in [0.1, 0.15) is 5.75 Å². The summed E-state index contributed by atoms with van der Waals surface area (Å²) in [4.78, 5) is 0. The van der Waals surface area contributed by atoms with Crippen molar-refractivity contribution in [1.29, 1.82) is 0 Å². The van der Waals surface area contributed by atoms with E-state index in [-0.39, 0.29) is 11.8 Å². The molecular weight excluding hydrogens is 335 g/mol. The van der Waals surface area contributed by atoms with E-state index in [1.807, 2.05) is 0 Å². The molecule has 0 aromatic heterocycles. The van der Waals surface area contributed by atoms with Crippen LogP contribution in [0.1, 0.15) is 43.7 Å². The van der Waals surface area contributed by atoms with Crippen LogP contribution in [0.2, 0.25) is 0 Å². The molecule has 0 aliphatic heterocycles. The molecular formula is C14H17BrF3NO. The first kappa shape index (κ1) is 15.6. The van der Waals surface area contributed by atoms with Gasteiger partial charge in [-0.1, -0.05) is 35.2 Å². The Morgan fingerprint density at radius 2 is 1.80 bits per heavy atom. The third-order valence-corrected chi connectivity index (χ3v) is 4.13. The van der Waals surface area contributed by atoms with Crippen molar-refractivity contribution in [2.75, 3.05) is 0 Å². The number of nitrogens with two attached hydrogens (primary N) is 1. The Kier molecular flexibility index (Phi) is 4.96. The molecule has 112 valence electrons. The largest absolute Gasteiger partial charge is 0.573 e. The van der Waals surface area contributed by atoms with Gasteiger partial charge < -0.3 is 10.5 Å². The second kappa shape index (κ2) is 6.35. The molecule has 6 heteroatoms. The quantitative estimate of drug-likeness (QED) is 0.837. The van der Waals surface area contributed by atoms with Crippen LogP contribution in [0.15, 0.2) is 22.7 Å². The van der Waals surface area contributed by atoms with E-state index in [0.29, 0.717) is 16.0 Å². The van der Waals surface area contributed by atoms with E-state index in [9.17, 15) is 13.2 Å². The highest BCUT2D eigenvalue weighted by Gasteiger charge is 2.31. The molecule has 1 aliphatic rings. The van der Waals surface area contributed by atoms with Gasteiger partial charge in [-0.2, -0.15) is 0 Å². The number of alkyl halides is 3. The minimum atomic E-state index is -4.69. The van der Waals surface area contributed by atoms with Crippen LogP contribution < -0.4 is 10.5 Å². The molecule has 2 rings (SSSR count). The van der Waals surface area contributed by atoms with Crippen LogP contribution in [-0.2, 0) is 0 Å². The van der Waals surface area contributed by atoms with Gasteiger partial charge in [0, 0.05) is 10.5 Å². The Balaban J connectivity index is 2.18. The minimum absolute atomic E-state index is 0.229. The van der Waals surface area contributed by atoms with Crippen molar-refractivity contribution in [2.45, 2.75) is 44.5 Å². The molecule has 0 heterocycles. The first-order valence-corrected chi connectivity index (χ1v) is 7.46. The van der Waals surface area contributed by atoms with Crippen molar-refractivity contribution in [3.63, 3.8) is 0 Å². The van der Waals surface area contributed by atoms with E-state index in [1.165, 1.54) is 18.6 Å². The van der Waals surface area contributed by atoms with Crippen molar-refractivity contribution >= 4 is 15.9 Å². The van der Waals surface area contributed by atoms with Gasteiger partial charge in [0.25, 0.3) is 0 Å². The van der Waals surface area contributed by atoms with Crippen LogP contribution in [0.4, 0.5) is 13.2 Å². The predicted octanol–water partition coefficient (Wildman–Crippen LogP) is 4.93. The average molecular weight is 352 g/mol. The number of rotatable bonds is 3. The summed E-state index contributed by atoms with van der Waals surface area (Å²) in [5, 5.41) is 0. The summed E-state index contributed by atoms with van der Waals surface area (Å²) in [6.45, 7) is 0. The topological polar surface area (TPSA) is 35.2 Å². The highest BCUT2D eigenvalue weighted by atomic mass is 79.9. The van der Waals surface area contributed by atoms with Crippen molar-refractivity contribution < 1.29 is 17.9 Å². The molecule has 2 nitrogen and oxygen atoms in total. The van der Waals surface area contributed by atoms with E-state index >= 15 is 0 Å². The van der Waals surface area contributed by atoms with Crippen molar-refractivity contribution in [3.05, 3.63) is 28.2 Å². The van der Waals surface area contributed by atoms with Gasteiger partial charge in [0.15, 0.2) is 0 Å². The normalized spacial score (nSPS) is 18.9. The molecule has 0 spiro atoms. The van der Waals surface area contributed by atoms with Gasteiger partial charge in [-0.05, 0) is 42.5 Å². The van der Waals surface area contributed by atoms with Crippen molar-refractivity contribution in [1.82, 2.24) is 0 Å². The van der Waals surface area contributed by atoms with Crippen LogP contribution in [0.5, 0.6) is 5.75 Å². The molecule has 0 bridgehead atoms. The second-order valence-electron chi connectivity index (χ2n) is 5.19. The third-order valence-electron chi connectivity index (χ3n) is 3.67. The Morgan fingerprint density at radius 1 is 1.15 bits per heavy atom. The van der Waals surface area contributed by atoms with Gasteiger partial charge in [-0.15, -0.1) is 13.2 Å². The van der Waals surface area contributed by atoms with E-state index in [0.717, 1.165) is 25.7 Å². The van der Waals surface area contributed by atoms with Gasteiger partial charge in [0.05, 0.1) is 0 Å². The summed E-state index contributed by atoms with van der Waals surface area (Å²) < 4.78 is 41.4. The Bertz CT molecular complexity index is 458. The molecule has 1 atom stereocenters. The summed E-state index contributed by atoms with van der Waals surface area (Å²) in [7, 11) is 0. The molecule has 2 N–H and O–H groups in total. The SMILES string of the molecule is N[C@H](c1cc(Br)cc(OC(F)(F)F)c1)C1CCCCC1. The summed E-state index contributed by atoms with van der Waals surface area (Å²) in [6.07, 6.45) is 0.861. The molecule has 1 aromatic rings. The molecule has 1 aliphatic carbocycles. The zero-order chi connectivity index (χ0) is 14.8. The maximum atomic E-state index is 12.3. The molecule has 0 amide bonds. The number of hydrogen-bond acceptors (Lipinski definition) is 2. The Morgan fingerprint density at radius 3 is 2.40 bits per heavy atom. The summed E-state index contributed by atoms with van der Waals surface area (Å²) in [5.74, 6) is 0.102. The monoisotopic (exact) mass is 351 g/mol. The van der Waals surface area contributed by atoms with Crippen molar-refractivity contribution in [2.24, 2.45) is 11.7 Å². The number of ether oxygens (including phenoxy) is 1. The summed E-state index contributed by atoms with van der Waals surface area (Å²) in [6, 6.07) is 4.20. The molecule has 20 heavy (non-hydrogen) atoms. The maximum Gasteiger partial charge on any atom is 0.573 e. The smallest absolute Gasteiger partial charge is 0.406 e. The molecule has 0 unspecified atom stereocenters. The van der Waals surface area contributed by atoms with Gasteiger partial charge in [-0.25, -0.2) is 0 Å². The highest BCUT2D eigenvalue weighted by molar-refractivity contribution is 9.10. The summed E-state index contributed by atoms with van der Waals surface area (Å²) >= 11 is 3.21. The van der Waals surface area contributed by atoms with E-state index in [2.05, 4.69) is 20.7 Å². The van der Waals surface area contributed by atoms with Crippen LogP contribution in [0.25, 0.3) is 0 Å². The van der Waals surface area contributed by atoms with E-state index in [1.54, 1.807) is 6.07 Å². The van der Waals surface area contributed by atoms with Crippen LogP contribution in [-0.4, -0.2) is 6.36 Å². The van der Waals surface area contributed by atoms with E-state index in [4.69, 9.17) is 5.73 Å². The molecule has 1 fully saturated rings. The first-order chi connectivity index (χ1) is 9.35. The lowest BCUT2D eigenvalue weighted by atomic mass is 9.81. The standard InChI is InChI=1S/C14H17BrF3NO/c15-11-6-10(7-12(8-11)20-14(16,17)18)13(19)9-4-2-1-3-5-9/h6-9,13H,1-5,19H2/t13-/m0/s1. The lowest BCUT2D eigenvalue weighted by molar-refractivity contribution is -0.274. The number of halogens is 4. The van der Waals surface area contributed by atoms with Gasteiger partial charge >= 0.3 is 6.36 Å². The minimum Gasteiger partial charge on any atom is -0.406 e. The average Bonchev–Trinajstić information content (AvgIpc) is 2.36. The predicted molar refractivity (Wildman–Crippen MR) is 74.3 cm³/mol. The second-order valence-corrected chi connectivity index (χ2v) is 6.11. The zero-order valence-electron chi connectivity index (χ0n) is 10.9. The highest BCUT2D eigenvalue weighted by Crippen LogP contribution is 2.36. The van der Waals surface area contributed by atoms with Crippen LogP contribution >= 0.6 is 15.9 Å². The van der Waals surface area contributed by atoms with Gasteiger partial charge in [0.2, 0.25) is 0 Å². The third kappa shape index (κ3) is 4.38. The molecule has 1 aromatic carbocycles. The van der Waals surface area contributed by atoms with Crippen molar-refractivity contribution in [3.8, 4) is 5.75 Å². The fourth-order valence-electron chi connectivity index (χ4n) is 2.73. The maximum absolute atomic E-state index is 12.3. The first-order valence-electron chi connectivity index (χ1n) is 6.67. The zero-order valence-corrected chi connectivity index (χ0v) is 12.5. The Labute approximate surface area is 124 Å². The fraction of sp³-hybridized carbons (Fsp3) is 0.571. The molecule has 1 saturated carbocycles. The fourth-order valence-corrected chi connectivity index (χ4v) is 3.22. The lowest BCUT2D eigenvalue weighted by Crippen LogP contribution is -2.24. The number of hydrogen-bond donors (Lipinski definition) is 1.